The molecule has 0 bridgehead atoms. The number of ether oxygens (including phenoxy) is 1. The Hall–Kier alpha value is -2.95. The van der Waals surface area contributed by atoms with Crippen LogP contribution in [0.15, 0.2) is 54.3 Å². The van der Waals surface area contributed by atoms with E-state index >= 15 is 0 Å². The molecular formula is C31H36N2O3. The fourth-order valence-corrected chi connectivity index (χ4v) is 8.29. The molecule has 0 N–H and O–H groups in total. The summed E-state index contributed by atoms with van der Waals surface area (Å²) in [6.07, 6.45) is 15.2. The van der Waals surface area contributed by atoms with E-state index in [1.54, 1.807) is 0 Å². The third kappa shape index (κ3) is 3.54. The van der Waals surface area contributed by atoms with Gasteiger partial charge in [-0.1, -0.05) is 49.8 Å². The molecule has 5 heteroatoms. The van der Waals surface area contributed by atoms with Gasteiger partial charge in [0.05, 0.1) is 16.9 Å². The van der Waals surface area contributed by atoms with E-state index in [0.29, 0.717) is 23.3 Å². The van der Waals surface area contributed by atoms with Crippen molar-refractivity contribution in [3.63, 3.8) is 0 Å². The highest BCUT2D eigenvalue weighted by molar-refractivity contribution is 5.86. The molecule has 0 amide bonds. The number of para-hydroxylation sites is 1. The van der Waals surface area contributed by atoms with Gasteiger partial charge in [-0.05, 0) is 84.8 Å². The molecule has 4 aliphatic rings. The van der Waals surface area contributed by atoms with Crippen LogP contribution in [-0.4, -0.2) is 28.1 Å². The Kier molecular flexibility index (Phi) is 5.58. The zero-order valence-corrected chi connectivity index (χ0v) is 21.6. The van der Waals surface area contributed by atoms with Crippen LogP contribution >= 0.6 is 0 Å². The number of rotatable bonds is 4. The molecule has 0 spiro atoms. The number of hydrogen-bond donors (Lipinski definition) is 0. The smallest absolute Gasteiger partial charge is 0.302 e. The van der Waals surface area contributed by atoms with Crippen molar-refractivity contribution in [2.24, 2.45) is 28.6 Å². The Morgan fingerprint density at radius 2 is 1.83 bits per heavy atom. The molecule has 2 aromatic rings. The van der Waals surface area contributed by atoms with Crippen molar-refractivity contribution in [3.05, 3.63) is 65.5 Å². The minimum atomic E-state index is -0.166. The molecule has 36 heavy (non-hydrogen) atoms. The number of nitrogens with zero attached hydrogens (tertiary/aromatic N) is 2. The second-order valence-corrected chi connectivity index (χ2v) is 11.9. The minimum absolute atomic E-state index is 0.0332. The number of esters is 1. The van der Waals surface area contributed by atoms with E-state index in [1.165, 1.54) is 24.5 Å². The first-order chi connectivity index (χ1) is 17.3. The van der Waals surface area contributed by atoms with Crippen molar-refractivity contribution in [2.75, 3.05) is 0 Å². The number of hydrogen-bond acceptors (Lipinski definition) is 4. The van der Waals surface area contributed by atoms with Gasteiger partial charge in [0.2, 0.25) is 0 Å². The maximum atomic E-state index is 12.1. The van der Waals surface area contributed by atoms with Gasteiger partial charge in [-0.3, -0.25) is 9.59 Å². The Morgan fingerprint density at radius 1 is 1.06 bits per heavy atom. The lowest BCUT2D eigenvalue weighted by Gasteiger charge is -2.57. The maximum Gasteiger partial charge on any atom is 0.302 e. The van der Waals surface area contributed by atoms with Gasteiger partial charge in [-0.25, -0.2) is 4.68 Å². The fourth-order valence-electron chi connectivity index (χ4n) is 8.29. The second-order valence-electron chi connectivity index (χ2n) is 11.9. The monoisotopic (exact) mass is 484 g/mol. The molecule has 0 saturated heterocycles. The van der Waals surface area contributed by atoms with Gasteiger partial charge in [0.15, 0.2) is 6.29 Å². The molecule has 0 unspecified atom stereocenters. The van der Waals surface area contributed by atoms with Crippen molar-refractivity contribution in [1.82, 2.24) is 9.78 Å². The van der Waals surface area contributed by atoms with Crippen molar-refractivity contribution >= 4 is 17.8 Å². The van der Waals surface area contributed by atoms with Gasteiger partial charge in [0.1, 0.15) is 6.10 Å². The highest BCUT2D eigenvalue weighted by Gasteiger charge is 2.57. The third-order valence-corrected chi connectivity index (χ3v) is 10.1. The number of aldehydes is 1. The molecule has 188 valence electrons. The number of carbonyl (C=O) groups is 2. The molecule has 2 fully saturated rings. The van der Waals surface area contributed by atoms with Gasteiger partial charge >= 0.3 is 5.97 Å². The van der Waals surface area contributed by atoms with Gasteiger partial charge in [0.25, 0.3) is 0 Å². The summed E-state index contributed by atoms with van der Waals surface area (Å²) in [5, 5.41) is 4.95. The summed E-state index contributed by atoms with van der Waals surface area (Å²) in [6, 6.07) is 10.0. The molecule has 2 saturated carbocycles. The lowest BCUT2D eigenvalue weighted by molar-refractivity contribution is -0.148. The fraction of sp³-hybridized carbons (Fsp3) is 0.516. The SMILES string of the molecule is CC(=O)O[C@H]1CC[C@@]2(C)C(=CC[C@@H]3[C@@H]2CC[C@]2(C)C(c4nn(-c5ccccc5)cc4C=O)=CC[C@@H]32)C1. The molecule has 0 aliphatic heterocycles. The van der Waals surface area contributed by atoms with Crippen molar-refractivity contribution in [3.8, 4) is 5.69 Å². The largest absolute Gasteiger partial charge is 0.462 e. The molecular weight excluding hydrogens is 448 g/mol. The van der Waals surface area contributed by atoms with E-state index in [2.05, 4.69) is 26.0 Å². The average Bonchev–Trinajstić information content (AvgIpc) is 3.45. The first kappa shape index (κ1) is 23.4. The molecule has 1 heterocycles. The Balaban J connectivity index is 1.29. The molecule has 1 aromatic carbocycles. The Morgan fingerprint density at radius 3 is 2.58 bits per heavy atom. The minimum Gasteiger partial charge on any atom is -0.462 e. The molecule has 1 aromatic heterocycles. The highest BCUT2D eigenvalue weighted by atomic mass is 16.5. The zero-order valence-electron chi connectivity index (χ0n) is 21.6. The van der Waals surface area contributed by atoms with Crippen LogP contribution in [0.1, 0.15) is 81.8 Å². The van der Waals surface area contributed by atoms with E-state index in [1.807, 2.05) is 41.2 Å². The lowest BCUT2D eigenvalue weighted by atomic mass is 9.47. The second kappa shape index (κ2) is 8.57. The standard InChI is InChI=1S/C31H36N2O3/c1-20(35)36-24-13-15-30(2)22(17-24)9-10-25-26-11-12-28(31(26,3)16-14-27(25)30)29-21(19-34)18-33(32-29)23-7-5-4-6-8-23/h4-9,12,18-19,24-27H,10-11,13-17H2,1-3H3/t24-,25-,26-,27-,30-,31-/m0/s1. The number of aromatic nitrogens is 2. The summed E-state index contributed by atoms with van der Waals surface area (Å²) in [7, 11) is 0. The first-order valence-corrected chi connectivity index (χ1v) is 13.5. The predicted molar refractivity (Wildman–Crippen MR) is 140 cm³/mol. The quantitative estimate of drug-likeness (QED) is 0.280. The zero-order chi connectivity index (χ0) is 25.1. The molecule has 5 nitrogen and oxygen atoms in total. The van der Waals surface area contributed by atoms with Crippen molar-refractivity contribution in [1.29, 1.82) is 0 Å². The molecule has 4 aliphatic carbocycles. The van der Waals surface area contributed by atoms with Crippen LogP contribution in [0.3, 0.4) is 0 Å². The topological polar surface area (TPSA) is 61.2 Å². The normalized spacial score (nSPS) is 35.1. The summed E-state index contributed by atoms with van der Waals surface area (Å²) in [4.78, 5) is 23.6. The number of fused-ring (bicyclic) bond motifs is 5. The Labute approximate surface area is 213 Å². The Bertz CT molecular complexity index is 1260. The van der Waals surface area contributed by atoms with E-state index in [9.17, 15) is 9.59 Å². The van der Waals surface area contributed by atoms with Crippen LogP contribution in [0.5, 0.6) is 0 Å². The van der Waals surface area contributed by atoms with Gasteiger partial charge < -0.3 is 4.74 Å². The van der Waals surface area contributed by atoms with Gasteiger partial charge in [0, 0.05) is 19.5 Å². The first-order valence-electron chi connectivity index (χ1n) is 13.5. The number of carbonyl (C=O) groups excluding carboxylic acids is 2. The average molecular weight is 485 g/mol. The van der Waals surface area contributed by atoms with Gasteiger partial charge in [-0.15, -0.1) is 0 Å². The van der Waals surface area contributed by atoms with Crippen LogP contribution < -0.4 is 0 Å². The molecule has 0 radical (unpaired) electrons. The van der Waals surface area contributed by atoms with Crippen molar-refractivity contribution < 1.29 is 14.3 Å². The van der Waals surface area contributed by atoms with Gasteiger partial charge in [-0.2, -0.15) is 5.10 Å². The highest BCUT2D eigenvalue weighted by Crippen LogP contribution is 2.66. The number of benzene rings is 1. The van der Waals surface area contributed by atoms with E-state index in [0.717, 1.165) is 56.2 Å². The summed E-state index contributed by atoms with van der Waals surface area (Å²) in [6.45, 7) is 6.41. The third-order valence-electron chi connectivity index (χ3n) is 10.1. The van der Waals surface area contributed by atoms with Crippen LogP contribution in [0, 0.1) is 28.6 Å². The predicted octanol–water partition coefficient (Wildman–Crippen LogP) is 6.57. The summed E-state index contributed by atoms with van der Waals surface area (Å²) >= 11 is 0. The summed E-state index contributed by atoms with van der Waals surface area (Å²) < 4.78 is 7.45. The van der Waals surface area contributed by atoms with Crippen LogP contribution in [0.2, 0.25) is 0 Å². The maximum absolute atomic E-state index is 12.1. The van der Waals surface area contributed by atoms with Crippen LogP contribution in [-0.2, 0) is 9.53 Å². The van der Waals surface area contributed by atoms with Crippen LogP contribution in [0.4, 0.5) is 0 Å². The van der Waals surface area contributed by atoms with E-state index < -0.39 is 0 Å². The summed E-state index contributed by atoms with van der Waals surface area (Å²) in [5.74, 6) is 1.69. The van der Waals surface area contributed by atoms with E-state index in [4.69, 9.17) is 9.84 Å². The van der Waals surface area contributed by atoms with Crippen LogP contribution in [0.25, 0.3) is 11.3 Å². The number of allylic oxidation sites excluding steroid dienone is 3. The lowest BCUT2D eigenvalue weighted by Crippen LogP contribution is -2.50. The molecule has 6 rings (SSSR count). The van der Waals surface area contributed by atoms with E-state index in [-0.39, 0.29) is 22.9 Å². The summed E-state index contributed by atoms with van der Waals surface area (Å²) in [5.41, 5.74) is 5.52. The molecule has 6 atom stereocenters. The van der Waals surface area contributed by atoms with Crippen molar-refractivity contribution in [2.45, 2.75) is 71.8 Å².